The van der Waals surface area contributed by atoms with Gasteiger partial charge >= 0.3 is 23.3 Å². The van der Waals surface area contributed by atoms with Gasteiger partial charge in [0.25, 0.3) is 0 Å². The van der Waals surface area contributed by atoms with Gasteiger partial charge in [0.1, 0.15) is 30.9 Å². The van der Waals surface area contributed by atoms with E-state index >= 15 is 0 Å². The molecule has 4 aromatic heterocycles. The van der Waals surface area contributed by atoms with Crippen LogP contribution in [0.3, 0.4) is 0 Å². The minimum Gasteiger partial charge on any atom is -0.400 e. The summed E-state index contributed by atoms with van der Waals surface area (Å²) >= 11 is 3.43. The quantitative estimate of drug-likeness (QED) is 0.0191. The molecule has 16 saturated carbocycles. The molecule has 16 aliphatic rings. The number of anilines is 2. The second kappa shape index (κ2) is 47.7. The van der Waals surface area contributed by atoms with Crippen LogP contribution in [0.4, 0.5) is 22.7 Å². The number of alkyl halides is 1. The number of nitrogens with zero attached hydrogens (tertiary/aromatic N) is 9. The van der Waals surface area contributed by atoms with Crippen molar-refractivity contribution in [1.82, 2.24) is 39.5 Å². The molecule has 144 heavy (non-hydrogen) atoms. The molecule has 0 radical (unpaired) electrons. The third-order valence-corrected chi connectivity index (χ3v) is 42.4. The monoisotopic (exact) mass is 2080 g/mol. The number of ether oxygens (including phenoxy) is 1. The van der Waals surface area contributed by atoms with E-state index in [1.165, 1.54) is 166 Å². The van der Waals surface area contributed by atoms with Crippen LogP contribution in [0.5, 0.6) is 0 Å². The van der Waals surface area contributed by atoms with Gasteiger partial charge in [0.2, 0.25) is 5.91 Å². The number of rotatable bonds is 14. The first kappa shape index (κ1) is 124. The normalized spacial score (nSPS) is 40.8. The highest BCUT2D eigenvalue weighted by molar-refractivity contribution is 9.09. The molecule has 16 fully saturated rings. The number of hydrogen-bond donors (Lipinski definition) is 8. The van der Waals surface area contributed by atoms with Crippen molar-refractivity contribution in [2.24, 2.45) is 162 Å². The van der Waals surface area contributed by atoms with Gasteiger partial charge in [0, 0.05) is 63.9 Å². The van der Waals surface area contributed by atoms with Gasteiger partial charge in [0.15, 0.2) is 17.3 Å². The zero-order chi connectivity index (χ0) is 99.7. The van der Waals surface area contributed by atoms with E-state index in [1.54, 1.807) is 34.2 Å². The molecule has 20 rings (SSSR count). The molecule has 4 aromatic rings. The molecule has 30 heteroatoms. The van der Waals surface area contributed by atoms with E-state index in [9.17, 15) is 74.2 Å². The van der Waals surface area contributed by atoms with Crippen LogP contribution >= 0.6 is 15.9 Å². The van der Waals surface area contributed by atoms with Crippen molar-refractivity contribution >= 4 is 79.7 Å². The number of nitrogens with two attached hydrogens (primary N) is 1. The van der Waals surface area contributed by atoms with Crippen molar-refractivity contribution in [2.45, 2.75) is 429 Å². The van der Waals surface area contributed by atoms with Crippen LogP contribution in [0.1, 0.15) is 387 Å². The maximum Gasteiger partial charge on any atom is 0.310 e. The number of H-pyrrole nitrogens is 1. The van der Waals surface area contributed by atoms with Gasteiger partial charge in [-0.25, -0.2) is 0 Å². The number of esters is 2. The van der Waals surface area contributed by atoms with Crippen LogP contribution in [-0.2, 0) is 57.9 Å². The fourth-order valence-corrected chi connectivity index (χ4v) is 35.4. The molecular formula is C114H193BrN12O17. The van der Waals surface area contributed by atoms with Crippen LogP contribution in [0.25, 0.3) is 0 Å². The van der Waals surface area contributed by atoms with Crippen LogP contribution in [0.15, 0.2) is 49.6 Å². The number of aliphatic hydroxyl groups is 5. The zero-order valence-electron chi connectivity index (χ0n) is 85.1. The highest BCUT2D eigenvalue weighted by atomic mass is 79.9. The number of halogens is 1. The number of ketones is 4. The van der Waals surface area contributed by atoms with E-state index in [2.05, 4.69) is 107 Å². The number of amides is 1. The molecule has 0 aromatic carbocycles. The lowest BCUT2D eigenvalue weighted by Crippen LogP contribution is -2.55. The summed E-state index contributed by atoms with van der Waals surface area (Å²) in [6, 6.07) is 0. The third-order valence-electron chi connectivity index (χ3n) is 41.9. The molecule has 818 valence electrons. The average molecular weight is 2080 g/mol. The molecule has 32 atom stereocenters. The highest BCUT2D eigenvalue weighted by Gasteiger charge is 2.68. The average Bonchev–Trinajstić information content (AvgIpc) is 1.52. The number of nitrogen functional groups attached to an aromatic ring is 1. The van der Waals surface area contributed by atoms with E-state index in [0.29, 0.717) is 116 Å². The summed E-state index contributed by atoms with van der Waals surface area (Å²) < 4.78 is 8.79. The molecule has 16 aliphatic carbocycles. The SMILES string of the molecule is C.C.C.C.C.C.C.CC(=O)Nc1cnn(CC(=O)[C@H]2CC[C@H]3[C@@H]4CC[C@H]5C[C@](C)(O)CC[C@]5(C)[C@H]4CC[C@]23C)c1.CC(=O)OC(C)=O.CO.C[C@@]1(O)CC[C@@]2(C)[C@@H](CC[C@@H]3[C@@H]2CC[C@]2(C)[C@@H](C(=O)CBr)CC[C@@H]32)C1.C[C@@]1(O)CC[C@@]2(C)[C@@H](CC[C@@H]3[C@@H]2CC[C@]2(C)[C@@H](C(=O)Cn4cc(N)cn4)CC[C@@H]32)C1.C[C@@]1(O)CC[C@@]2(C)[C@@H](CC[C@@H]3[C@@H]2CC[C@]2(C)[C@@H](C(=O)Cn4cc([N+](=O)[O-])cn4)CC[C@@H]32)C1.O=[N+]([O-])c1cn[nH]c1. The fourth-order valence-electron chi connectivity index (χ4n) is 35.0. The van der Waals surface area contributed by atoms with Crippen LogP contribution < -0.4 is 11.1 Å². The van der Waals surface area contributed by atoms with Gasteiger partial charge < -0.3 is 41.3 Å². The van der Waals surface area contributed by atoms with Gasteiger partial charge in [-0.3, -0.25) is 72.9 Å². The molecule has 0 spiro atoms. The lowest BCUT2D eigenvalue weighted by atomic mass is 9.44. The van der Waals surface area contributed by atoms with E-state index in [4.69, 9.17) is 10.8 Å². The second-order valence-electron chi connectivity index (χ2n) is 49.7. The maximum absolute atomic E-state index is 13.5. The van der Waals surface area contributed by atoms with E-state index in [-0.39, 0.29) is 133 Å². The Hall–Kier alpha value is -6.99. The van der Waals surface area contributed by atoms with Crippen molar-refractivity contribution in [3.63, 3.8) is 0 Å². The van der Waals surface area contributed by atoms with Crippen LogP contribution in [0, 0.1) is 182 Å². The predicted octanol–water partition coefficient (Wildman–Crippen LogP) is 23.9. The molecule has 1 amide bonds. The molecular weight excluding hydrogens is 1890 g/mol. The second-order valence-corrected chi connectivity index (χ2v) is 50.2. The summed E-state index contributed by atoms with van der Waals surface area (Å²) in [6.45, 7) is 32.4. The summed E-state index contributed by atoms with van der Waals surface area (Å²) in [7, 11) is 1.00. The lowest BCUT2D eigenvalue weighted by molar-refractivity contribution is -0.385. The van der Waals surface area contributed by atoms with Crippen LogP contribution in [-0.4, -0.2) is 151 Å². The van der Waals surface area contributed by atoms with Gasteiger partial charge in [-0.1, -0.05) is 123 Å². The largest absolute Gasteiger partial charge is 0.400 e. The number of aromatic amines is 1. The molecule has 4 heterocycles. The number of carbonyl (C=O) groups excluding carboxylic acids is 7. The van der Waals surface area contributed by atoms with Crippen molar-refractivity contribution in [3.05, 3.63) is 69.8 Å². The number of aliphatic hydroxyl groups excluding tert-OH is 1. The van der Waals surface area contributed by atoms with Crippen molar-refractivity contribution < 1.29 is 73.7 Å². The zero-order valence-corrected chi connectivity index (χ0v) is 86.7. The molecule has 9 N–H and O–H groups in total. The summed E-state index contributed by atoms with van der Waals surface area (Å²) in [5.74, 6) is 11.9. The minimum atomic E-state index is -0.562. The Morgan fingerprint density at radius 2 is 0.674 bits per heavy atom. The number of Topliss-reactive ketones (excluding diaryl/α,β-unsaturated/α-hetero) is 4. The Kier molecular flexibility index (Phi) is 41.0. The van der Waals surface area contributed by atoms with Crippen LogP contribution in [0.2, 0.25) is 0 Å². The van der Waals surface area contributed by atoms with Gasteiger partial charge in [-0.2, -0.15) is 20.4 Å². The van der Waals surface area contributed by atoms with Gasteiger partial charge in [-0.15, -0.1) is 0 Å². The fraction of sp³-hybridized carbons (Fsp3) is 0.833. The summed E-state index contributed by atoms with van der Waals surface area (Å²) in [4.78, 5) is 103. The molecule has 29 nitrogen and oxygen atoms in total. The summed E-state index contributed by atoms with van der Waals surface area (Å²) in [5.41, 5.74) is 7.04. The Balaban J connectivity index is 0.000000243. The first-order chi connectivity index (χ1) is 64.3. The molecule has 0 unspecified atom stereocenters. The highest BCUT2D eigenvalue weighted by Crippen LogP contribution is 2.74. The Morgan fingerprint density at radius 1 is 0.389 bits per heavy atom. The van der Waals surface area contributed by atoms with E-state index in [1.807, 2.05) is 27.7 Å². The first-order valence-corrected chi connectivity index (χ1v) is 53.5. The Morgan fingerprint density at radius 3 is 0.924 bits per heavy atom. The topological polar surface area (TPSA) is 436 Å². The van der Waals surface area contributed by atoms with Crippen molar-refractivity contribution in [2.75, 3.05) is 23.5 Å². The molecule has 0 bridgehead atoms. The Bertz CT molecular complexity index is 4980. The predicted molar refractivity (Wildman–Crippen MR) is 572 cm³/mol. The van der Waals surface area contributed by atoms with Gasteiger partial charge in [-0.05, 0) is 397 Å². The van der Waals surface area contributed by atoms with Crippen molar-refractivity contribution in [3.8, 4) is 0 Å². The van der Waals surface area contributed by atoms with Gasteiger partial charge in [0.05, 0.1) is 80.6 Å². The Labute approximate surface area is 871 Å². The van der Waals surface area contributed by atoms with E-state index < -0.39 is 44.2 Å². The minimum absolute atomic E-state index is 0. The van der Waals surface area contributed by atoms with Crippen molar-refractivity contribution in [1.29, 1.82) is 0 Å². The molecule has 0 aliphatic heterocycles. The third kappa shape index (κ3) is 24.7. The first-order valence-electron chi connectivity index (χ1n) is 52.4. The number of aromatic nitrogens is 8. The summed E-state index contributed by atoms with van der Waals surface area (Å²) in [5, 5.41) is 92.0. The smallest absolute Gasteiger partial charge is 0.310 e. The summed E-state index contributed by atoms with van der Waals surface area (Å²) in [6.07, 6.45) is 52.5. The maximum atomic E-state index is 13.5. The molecule has 0 saturated heterocycles. The lowest BCUT2D eigenvalue weighted by Gasteiger charge is -2.61. The number of carbonyl (C=O) groups is 7. The number of fused-ring (bicyclic) bond motifs is 20. The number of nitrogens with one attached hydrogen (secondary N) is 2. The standard InChI is InChI=1S/C27H41N3O3.C25H37N3O4.C25H39N3O2.C22H35BrO2.C4H6O3.C3H3N3O2.CH4O.7CH4/c1-17(31)29-19-14-28-30(15-19)16-24(32)23-8-7-21-20-6-5-18-13-25(2,33)11-12-26(18,3)22(20)9-10-27(21,23)4;1-23(30)10-11-24(2)16(12-23)4-5-18-19-6-7-21(25(19,3)9-8-20(18)24)22(29)15-27-14-17(13-26-27)28(31)32;1-23(30)10-11-24(2)16(12-23)4-5-18-19-6-7-21(25(19,3)9-8-20(18)24)22(29)15-28-14-17(26)13-27-28;1-20(25)10-11-21(2)14(12-20)4-5-15-16-6-7-18(19(24)13-23)22(16,3)9-8-17(15)21;1-3(5)7-4(2)6;7-6(8)3-1-4-5-2-3;1-2;;;;;;;/h14-15,18,20-23,33H,5-13,16H2,1-4H3,(H,29,31);13-14,16,18-21,30H,4-12,15H2,1-3H3;13-14,16,18-21,30H,4-12,15,26H2,1-3H3;14-18,25H,4-13H2,1-3H3;1-2H3;1-2H,(H,4,5);2H,1H3;7*1H4/t18-,20-,21-,22-,23+,25+,26-,27-;2*16-,18-,19-,20-,21+,23+,24-,25-;14-,15-,16-,17-,18+,20+,21-,22-;;;;;;;;;;/m0000........../s1. The number of hydrogen-bond acceptors (Lipinski definition) is 22. The van der Waals surface area contributed by atoms with E-state index in [0.717, 1.165) is 164 Å². The number of nitro groups is 2.